The summed E-state index contributed by atoms with van der Waals surface area (Å²) < 4.78 is 61.3. The number of halogens is 4. The Balaban J connectivity index is 2.25. The number of hydrogen-bond acceptors (Lipinski definition) is 3. The number of hydrogen-bond donors (Lipinski definition) is 1. The van der Waals surface area contributed by atoms with Gasteiger partial charge in [0.25, 0.3) is 0 Å². The summed E-state index contributed by atoms with van der Waals surface area (Å²) in [6.07, 6.45) is -4.13. The monoisotopic (exact) mass is 289 g/mol. The van der Waals surface area contributed by atoms with E-state index in [0.29, 0.717) is 17.9 Å². The zero-order valence-electron chi connectivity index (χ0n) is 10.2. The number of nitrogens with two attached hydrogens (primary N) is 1. The first-order valence-electron chi connectivity index (χ1n) is 5.68. The summed E-state index contributed by atoms with van der Waals surface area (Å²) in [6.45, 7) is 0.00619. The maximum atomic E-state index is 13.1. The van der Waals surface area contributed by atoms with E-state index in [9.17, 15) is 17.6 Å². The Kier molecular flexibility index (Phi) is 3.99. The third-order valence-corrected chi connectivity index (χ3v) is 2.60. The van der Waals surface area contributed by atoms with Crippen molar-refractivity contribution in [2.45, 2.75) is 12.3 Å². The van der Waals surface area contributed by atoms with Gasteiger partial charge in [0, 0.05) is 6.54 Å². The highest BCUT2D eigenvalue weighted by Crippen LogP contribution is 2.34. The molecule has 108 valence electrons. The van der Waals surface area contributed by atoms with Crippen LogP contribution in [0.3, 0.4) is 0 Å². The molecule has 0 spiro atoms. The predicted molar refractivity (Wildman–Crippen MR) is 62.5 cm³/mol. The van der Waals surface area contributed by atoms with Gasteiger partial charge < -0.3 is 14.9 Å². The molecule has 1 aromatic heterocycles. The first-order chi connectivity index (χ1) is 9.41. The molecule has 1 unspecified atom stereocenters. The summed E-state index contributed by atoms with van der Waals surface area (Å²) in [5.41, 5.74) is 4.10. The molecule has 1 atom stereocenters. The molecule has 0 saturated carbocycles. The molecule has 2 aromatic rings. The van der Waals surface area contributed by atoms with Crippen molar-refractivity contribution >= 4 is 0 Å². The van der Waals surface area contributed by atoms with E-state index in [-0.39, 0.29) is 12.3 Å². The van der Waals surface area contributed by atoms with Crippen LogP contribution >= 0.6 is 0 Å². The minimum Gasteiger partial charge on any atom is -0.481 e. The van der Waals surface area contributed by atoms with Gasteiger partial charge in [-0.05, 0) is 30.3 Å². The standard InChI is InChI=1S/C13H11F4NO2/c14-10-4-3-8(6-9(10)13(15,16)17)20-12(7-18)11-2-1-5-19-11/h1-6,12H,7,18H2. The second-order valence-electron chi connectivity index (χ2n) is 4.00. The molecule has 0 aliphatic carbocycles. The smallest absolute Gasteiger partial charge is 0.419 e. The van der Waals surface area contributed by atoms with Gasteiger partial charge in [0.05, 0.1) is 11.8 Å². The molecule has 3 nitrogen and oxygen atoms in total. The minimum absolute atomic E-state index is 0.00619. The van der Waals surface area contributed by atoms with Crippen LogP contribution < -0.4 is 10.5 Å². The van der Waals surface area contributed by atoms with Gasteiger partial charge in [0.2, 0.25) is 0 Å². The molecule has 0 saturated heterocycles. The van der Waals surface area contributed by atoms with E-state index in [1.165, 1.54) is 6.26 Å². The quantitative estimate of drug-likeness (QED) is 0.876. The SMILES string of the molecule is NCC(Oc1ccc(F)c(C(F)(F)F)c1)c1ccco1. The Labute approximate surface area is 111 Å². The molecule has 0 radical (unpaired) electrons. The summed E-state index contributed by atoms with van der Waals surface area (Å²) in [6, 6.07) is 5.60. The molecule has 0 fully saturated rings. The fraction of sp³-hybridized carbons (Fsp3) is 0.231. The number of furan rings is 1. The van der Waals surface area contributed by atoms with Crippen LogP contribution in [0.15, 0.2) is 41.0 Å². The molecule has 0 bridgehead atoms. The lowest BCUT2D eigenvalue weighted by atomic mass is 10.2. The molecular weight excluding hydrogens is 278 g/mol. The summed E-state index contributed by atoms with van der Waals surface area (Å²) in [7, 11) is 0. The first kappa shape index (κ1) is 14.4. The van der Waals surface area contributed by atoms with Crippen molar-refractivity contribution in [1.82, 2.24) is 0 Å². The molecular formula is C13H11F4NO2. The van der Waals surface area contributed by atoms with Crippen molar-refractivity contribution in [2.24, 2.45) is 5.73 Å². The summed E-state index contributed by atoms with van der Waals surface area (Å²) in [5, 5.41) is 0. The third kappa shape index (κ3) is 3.11. The average molecular weight is 289 g/mol. The Hall–Kier alpha value is -2.02. The highest BCUT2D eigenvalue weighted by Gasteiger charge is 2.34. The van der Waals surface area contributed by atoms with Crippen molar-refractivity contribution < 1.29 is 26.7 Å². The molecule has 2 rings (SSSR count). The Morgan fingerprint density at radius 2 is 2.00 bits per heavy atom. The van der Waals surface area contributed by atoms with Gasteiger partial charge in [0.1, 0.15) is 17.3 Å². The second-order valence-corrected chi connectivity index (χ2v) is 4.00. The molecule has 0 aliphatic rings. The fourth-order valence-corrected chi connectivity index (χ4v) is 1.66. The van der Waals surface area contributed by atoms with E-state index in [0.717, 1.165) is 6.07 Å². The maximum absolute atomic E-state index is 13.1. The minimum atomic E-state index is -4.79. The summed E-state index contributed by atoms with van der Waals surface area (Å²) >= 11 is 0. The van der Waals surface area contributed by atoms with Crippen LogP contribution in [0.25, 0.3) is 0 Å². The van der Waals surface area contributed by atoms with Crippen LogP contribution in [0.1, 0.15) is 17.4 Å². The van der Waals surface area contributed by atoms with Gasteiger partial charge in [-0.1, -0.05) is 0 Å². The largest absolute Gasteiger partial charge is 0.481 e. The Morgan fingerprint density at radius 1 is 1.25 bits per heavy atom. The summed E-state index contributed by atoms with van der Waals surface area (Å²) in [4.78, 5) is 0. The lowest BCUT2D eigenvalue weighted by molar-refractivity contribution is -0.140. The van der Waals surface area contributed by atoms with Crippen molar-refractivity contribution in [2.75, 3.05) is 6.54 Å². The van der Waals surface area contributed by atoms with E-state index in [4.69, 9.17) is 14.9 Å². The van der Waals surface area contributed by atoms with Gasteiger partial charge >= 0.3 is 6.18 Å². The van der Waals surface area contributed by atoms with E-state index in [1.54, 1.807) is 12.1 Å². The Morgan fingerprint density at radius 3 is 2.55 bits per heavy atom. The van der Waals surface area contributed by atoms with Gasteiger partial charge in [0.15, 0.2) is 6.10 Å². The van der Waals surface area contributed by atoms with Gasteiger partial charge in [-0.15, -0.1) is 0 Å². The summed E-state index contributed by atoms with van der Waals surface area (Å²) in [5.74, 6) is -1.11. The van der Waals surface area contributed by atoms with Crippen LogP contribution in [-0.2, 0) is 6.18 Å². The lowest BCUT2D eigenvalue weighted by Gasteiger charge is -2.16. The molecule has 1 heterocycles. The van der Waals surface area contributed by atoms with Crippen LogP contribution in [-0.4, -0.2) is 6.54 Å². The fourth-order valence-electron chi connectivity index (χ4n) is 1.66. The average Bonchev–Trinajstić information content (AvgIpc) is 2.90. The second kappa shape index (κ2) is 5.54. The first-order valence-corrected chi connectivity index (χ1v) is 5.68. The third-order valence-electron chi connectivity index (χ3n) is 2.60. The van der Waals surface area contributed by atoms with Crippen LogP contribution in [0.5, 0.6) is 5.75 Å². The van der Waals surface area contributed by atoms with Gasteiger partial charge in [-0.3, -0.25) is 0 Å². The van der Waals surface area contributed by atoms with E-state index >= 15 is 0 Å². The zero-order chi connectivity index (χ0) is 14.8. The Bertz CT molecular complexity index is 566. The molecule has 2 N–H and O–H groups in total. The lowest BCUT2D eigenvalue weighted by Crippen LogP contribution is -2.18. The van der Waals surface area contributed by atoms with Crippen LogP contribution in [0.2, 0.25) is 0 Å². The van der Waals surface area contributed by atoms with Crippen LogP contribution in [0.4, 0.5) is 17.6 Å². The maximum Gasteiger partial charge on any atom is 0.419 e. The van der Waals surface area contributed by atoms with Crippen molar-refractivity contribution in [1.29, 1.82) is 0 Å². The number of ether oxygens (including phenoxy) is 1. The molecule has 0 amide bonds. The van der Waals surface area contributed by atoms with Gasteiger partial charge in [-0.2, -0.15) is 13.2 Å². The van der Waals surface area contributed by atoms with Crippen molar-refractivity contribution in [3.63, 3.8) is 0 Å². The zero-order valence-corrected chi connectivity index (χ0v) is 10.2. The van der Waals surface area contributed by atoms with Crippen molar-refractivity contribution in [3.05, 3.63) is 53.7 Å². The van der Waals surface area contributed by atoms with E-state index in [2.05, 4.69) is 0 Å². The highest BCUT2D eigenvalue weighted by molar-refractivity contribution is 5.32. The highest BCUT2D eigenvalue weighted by atomic mass is 19.4. The van der Waals surface area contributed by atoms with E-state index in [1.807, 2.05) is 0 Å². The number of rotatable bonds is 4. The van der Waals surface area contributed by atoms with Gasteiger partial charge in [-0.25, -0.2) is 4.39 Å². The normalized spacial score (nSPS) is 13.2. The molecule has 7 heteroatoms. The molecule has 0 aliphatic heterocycles. The number of benzene rings is 1. The number of alkyl halides is 3. The predicted octanol–water partition coefficient (Wildman–Crippen LogP) is 3.52. The van der Waals surface area contributed by atoms with E-state index < -0.39 is 23.7 Å². The topological polar surface area (TPSA) is 48.4 Å². The van der Waals surface area contributed by atoms with Crippen LogP contribution in [0, 0.1) is 5.82 Å². The van der Waals surface area contributed by atoms with Crippen molar-refractivity contribution in [3.8, 4) is 5.75 Å². The molecule has 20 heavy (non-hydrogen) atoms. The molecule has 1 aromatic carbocycles.